The molecule has 1 atom stereocenters. The lowest BCUT2D eigenvalue weighted by atomic mass is 10.1. The van der Waals surface area contributed by atoms with E-state index in [1.165, 1.54) is 6.42 Å². The third-order valence-corrected chi connectivity index (χ3v) is 6.74. The van der Waals surface area contributed by atoms with Gasteiger partial charge in [-0.3, -0.25) is 9.78 Å². The predicted octanol–water partition coefficient (Wildman–Crippen LogP) is 3.30. The van der Waals surface area contributed by atoms with Crippen molar-refractivity contribution in [1.29, 1.82) is 0 Å². The number of nitrogens with one attached hydrogen (secondary N) is 1. The lowest BCUT2D eigenvalue weighted by Gasteiger charge is -2.24. The summed E-state index contributed by atoms with van der Waals surface area (Å²) in [5.74, 6) is 0.961. The number of ether oxygens (including phenoxy) is 1. The van der Waals surface area contributed by atoms with E-state index < -0.39 is 6.04 Å². The van der Waals surface area contributed by atoms with Crippen molar-refractivity contribution in [3.05, 3.63) is 35.7 Å². The number of aromatic nitrogens is 3. The van der Waals surface area contributed by atoms with Gasteiger partial charge in [0.2, 0.25) is 11.5 Å². The van der Waals surface area contributed by atoms with Crippen LogP contribution in [0.15, 0.2) is 33.8 Å². The lowest BCUT2D eigenvalue weighted by molar-refractivity contribution is -0.117. The molecule has 0 bridgehead atoms. The van der Waals surface area contributed by atoms with Crippen molar-refractivity contribution in [3.63, 3.8) is 0 Å². The standard InChI is InChI=1S/C25H29N7O3/c1-16-13-17(7-8-26-16)24-28-19(15-34-24)23(33)27-18-14-20-21(29-22(18)31-9-5-6-10-31)30-25(35-20)32-11-3-2-4-12-32/h7-8,13-14,19H,2-6,9-12,15H2,1H3,(H,27,33). The van der Waals surface area contributed by atoms with Crippen molar-refractivity contribution in [2.75, 3.05) is 47.9 Å². The number of fused-ring (bicyclic) bond motifs is 1. The largest absolute Gasteiger partial charge is 0.475 e. The normalized spacial score (nSPS) is 20.3. The molecule has 3 aliphatic rings. The number of piperidine rings is 1. The Hall–Kier alpha value is -3.69. The molecule has 2 fully saturated rings. The number of nitrogens with zero attached hydrogens (tertiary/aromatic N) is 6. The molecule has 10 heteroatoms. The van der Waals surface area contributed by atoms with Crippen LogP contribution in [0.2, 0.25) is 0 Å². The average molecular weight is 476 g/mol. The zero-order valence-corrected chi connectivity index (χ0v) is 19.9. The van der Waals surface area contributed by atoms with Crippen LogP contribution in [-0.4, -0.2) is 65.6 Å². The number of carbonyl (C=O) groups is 1. The SMILES string of the molecule is Cc1cc(C2=NC(C(=O)Nc3cc4oc(N5CCCCC5)nc4nc3N3CCCC3)CO2)ccn1. The van der Waals surface area contributed by atoms with E-state index >= 15 is 0 Å². The highest BCUT2D eigenvalue weighted by Crippen LogP contribution is 2.33. The van der Waals surface area contributed by atoms with Crippen LogP contribution < -0.4 is 15.1 Å². The van der Waals surface area contributed by atoms with Crippen molar-refractivity contribution >= 4 is 40.6 Å². The van der Waals surface area contributed by atoms with Crippen molar-refractivity contribution in [3.8, 4) is 0 Å². The highest BCUT2D eigenvalue weighted by Gasteiger charge is 2.29. The Bertz CT molecular complexity index is 1280. The molecule has 0 radical (unpaired) electrons. The van der Waals surface area contributed by atoms with Crippen LogP contribution in [0.25, 0.3) is 11.2 Å². The first kappa shape index (κ1) is 21.8. The molecule has 182 valence electrons. The van der Waals surface area contributed by atoms with E-state index in [0.29, 0.717) is 28.8 Å². The van der Waals surface area contributed by atoms with Crippen molar-refractivity contribution in [1.82, 2.24) is 15.0 Å². The number of oxazole rings is 1. The van der Waals surface area contributed by atoms with E-state index in [4.69, 9.17) is 14.1 Å². The molecule has 1 N–H and O–H groups in total. The second-order valence-corrected chi connectivity index (χ2v) is 9.36. The summed E-state index contributed by atoms with van der Waals surface area (Å²) in [6.07, 6.45) is 7.42. The average Bonchev–Trinajstić information content (AvgIpc) is 3.65. The van der Waals surface area contributed by atoms with Crippen molar-refractivity contribution in [2.45, 2.75) is 45.1 Å². The molecule has 3 aliphatic heterocycles. The number of pyridine rings is 2. The van der Waals surface area contributed by atoms with Crippen LogP contribution in [0.4, 0.5) is 17.5 Å². The summed E-state index contributed by atoms with van der Waals surface area (Å²) in [5.41, 5.74) is 3.45. The molecule has 3 aromatic heterocycles. The van der Waals surface area contributed by atoms with Crippen molar-refractivity contribution in [2.24, 2.45) is 4.99 Å². The van der Waals surface area contributed by atoms with Gasteiger partial charge in [-0.05, 0) is 51.2 Å². The van der Waals surface area contributed by atoms with Gasteiger partial charge in [0, 0.05) is 49.7 Å². The van der Waals surface area contributed by atoms with Crippen LogP contribution in [0.5, 0.6) is 0 Å². The first-order valence-electron chi connectivity index (χ1n) is 12.4. The smallest absolute Gasteiger partial charge is 0.299 e. The molecular weight excluding hydrogens is 446 g/mol. The molecule has 6 heterocycles. The molecule has 1 amide bonds. The van der Waals surface area contributed by atoms with Crippen LogP contribution >= 0.6 is 0 Å². The molecule has 2 saturated heterocycles. The van der Waals surface area contributed by atoms with E-state index in [1.807, 2.05) is 25.1 Å². The van der Waals surface area contributed by atoms with Gasteiger partial charge in [0.05, 0.1) is 5.69 Å². The topological polar surface area (TPSA) is 109 Å². The Morgan fingerprint density at radius 1 is 1.03 bits per heavy atom. The third kappa shape index (κ3) is 4.40. The van der Waals surface area contributed by atoms with Gasteiger partial charge in [-0.25, -0.2) is 9.98 Å². The molecule has 1 unspecified atom stereocenters. The van der Waals surface area contributed by atoms with Crippen LogP contribution in [-0.2, 0) is 9.53 Å². The quantitative estimate of drug-likeness (QED) is 0.599. The number of aliphatic imine (C=N–C) groups is 1. The molecule has 10 nitrogen and oxygen atoms in total. The number of hydrogen-bond donors (Lipinski definition) is 1. The molecule has 0 spiro atoms. The fourth-order valence-corrected chi connectivity index (χ4v) is 4.89. The van der Waals surface area contributed by atoms with Gasteiger partial charge in [0.15, 0.2) is 17.4 Å². The number of carbonyl (C=O) groups excluding carboxylic acids is 1. The Morgan fingerprint density at radius 2 is 1.80 bits per heavy atom. The Morgan fingerprint density at radius 3 is 2.60 bits per heavy atom. The van der Waals surface area contributed by atoms with Crippen molar-refractivity contribution < 1.29 is 13.9 Å². The van der Waals surface area contributed by atoms with E-state index in [0.717, 1.165) is 68.9 Å². The van der Waals surface area contributed by atoms with E-state index in [9.17, 15) is 4.79 Å². The summed E-state index contributed by atoms with van der Waals surface area (Å²) in [6.45, 7) is 5.77. The number of rotatable bonds is 5. The first-order valence-corrected chi connectivity index (χ1v) is 12.4. The summed E-state index contributed by atoms with van der Waals surface area (Å²) in [5, 5.41) is 3.05. The van der Waals surface area contributed by atoms with Gasteiger partial charge in [-0.15, -0.1) is 0 Å². The zero-order chi connectivity index (χ0) is 23.8. The van der Waals surface area contributed by atoms with Crippen LogP contribution in [0.1, 0.15) is 43.4 Å². The highest BCUT2D eigenvalue weighted by molar-refractivity contribution is 6.03. The second kappa shape index (κ2) is 9.16. The summed E-state index contributed by atoms with van der Waals surface area (Å²) < 4.78 is 11.8. The minimum absolute atomic E-state index is 0.193. The van der Waals surface area contributed by atoms with E-state index in [2.05, 4.69) is 30.1 Å². The van der Waals surface area contributed by atoms with Gasteiger partial charge >= 0.3 is 0 Å². The number of aryl methyl sites for hydroxylation is 1. The summed E-state index contributed by atoms with van der Waals surface area (Å²) in [4.78, 5) is 35.8. The fourth-order valence-electron chi connectivity index (χ4n) is 4.89. The Balaban J connectivity index is 1.28. The summed E-state index contributed by atoms with van der Waals surface area (Å²) >= 11 is 0. The monoisotopic (exact) mass is 475 g/mol. The van der Waals surface area contributed by atoms with E-state index in [-0.39, 0.29) is 12.5 Å². The van der Waals surface area contributed by atoms with Crippen LogP contribution in [0, 0.1) is 6.92 Å². The minimum Gasteiger partial charge on any atom is -0.475 e. The van der Waals surface area contributed by atoms with E-state index in [1.54, 1.807) is 6.20 Å². The second-order valence-electron chi connectivity index (χ2n) is 9.36. The fraction of sp³-hybridized carbons (Fsp3) is 0.480. The summed E-state index contributed by atoms with van der Waals surface area (Å²) in [7, 11) is 0. The van der Waals surface area contributed by atoms with Gasteiger partial charge in [-0.2, -0.15) is 4.98 Å². The highest BCUT2D eigenvalue weighted by atomic mass is 16.5. The molecule has 0 aromatic carbocycles. The molecular formula is C25H29N7O3. The summed E-state index contributed by atoms with van der Waals surface area (Å²) in [6, 6.07) is 5.54. The maximum absolute atomic E-state index is 13.2. The molecule has 6 rings (SSSR count). The number of hydrogen-bond acceptors (Lipinski definition) is 9. The third-order valence-electron chi connectivity index (χ3n) is 6.74. The van der Waals surface area contributed by atoms with Gasteiger partial charge < -0.3 is 24.3 Å². The first-order chi connectivity index (χ1) is 17.1. The van der Waals surface area contributed by atoms with Gasteiger partial charge in [0.1, 0.15) is 6.61 Å². The van der Waals surface area contributed by atoms with Crippen LogP contribution in [0.3, 0.4) is 0 Å². The maximum Gasteiger partial charge on any atom is 0.299 e. The number of amides is 1. The molecule has 3 aromatic rings. The zero-order valence-electron chi connectivity index (χ0n) is 19.9. The Kier molecular flexibility index (Phi) is 5.71. The molecule has 0 aliphatic carbocycles. The molecule has 35 heavy (non-hydrogen) atoms. The minimum atomic E-state index is -0.640. The lowest BCUT2D eigenvalue weighted by Crippen LogP contribution is -2.29. The number of anilines is 3. The van der Waals surface area contributed by atoms with Gasteiger partial charge in [-0.1, -0.05) is 0 Å². The predicted molar refractivity (Wildman–Crippen MR) is 133 cm³/mol. The van der Waals surface area contributed by atoms with Gasteiger partial charge in [0.25, 0.3) is 11.9 Å². The molecule has 0 saturated carbocycles. The maximum atomic E-state index is 13.2. The Labute approximate surface area is 203 Å².